The van der Waals surface area contributed by atoms with Crippen molar-refractivity contribution < 1.29 is 8.78 Å². The molecule has 0 aliphatic heterocycles. The maximum Gasteiger partial charge on any atom is 0.130 e. The summed E-state index contributed by atoms with van der Waals surface area (Å²) < 4.78 is 26.7. The Morgan fingerprint density at radius 3 is 2.38 bits per heavy atom. The second kappa shape index (κ2) is 7.86. The third-order valence-electron chi connectivity index (χ3n) is 3.34. The third kappa shape index (κ3) is 4.92. The van der Waals surface area contributed by atoms with Crippen molar-refractivity contribution in [3.8, 4) is 0 Å². The average Bonchev–Trinajstić information content (AvgIpc) is 2.48. The summed E-state index contributed by atoms with van der Waals surface area (Å²) in [5.41, 5.74) is 7.23. The Hall–Kier alpha value is -1.78. The molecule has 21 heavy (non-hydrogen) atoms. The van der Waals surface area contributed by atoms with Gasteiger partial charge in [0.25, 0.3) is 0 Å². The highest BCUT2D eigenvalue weighted by Crippen LogP contribution is 2.14. The Balaban J connectivity index is 2.08. The van der Waals surface area contributed by atoms with E-state index in [1.807, 2.05) is 30.3 Å². The predicted molar refractivity (Wildman–Crippen MR) is 80.6 cm³/mol. The molecule has 0 aliphatic rings. The minimum Gasteiger partial charge on any atom is -0.330 e. The molecule has 2 aromatic carbocycles. The second-order valence-corrected chi connectivity index (χ2v) is 5.07. The van der Waals surface area contributed by atoms with E-state index in [9.17, 15) is 8.78 Å². The molecule has 0 spiro atoms. The van der Waals surface area contributed by atoms with Crippen LogP contribution in [0.25, 0.3) is 0 Å². The number of halogens is 2. The first-order chi connectivity index (χ1) is 10.2. The zero-order valence-electron chi connectivity index (χ0n) is 11.9. The molecular weight excluding hydrogens is 270 g/mol. The van der Waals surface area contributed by atoms with Gasteiger partial charge in [-0.05, 0) is 24.6 Å². The van der Waals surface area contributed by atoms with Crippen LogP contribution in [0.2, 0.25) is 0 Å². The fraction of sp³-hybridized carbons (Fsp3) is 0.294. The van der Waals surface area contributed by atoms with Crippen molar-refractivity contribution in [3.63, 3.8) is 0 Å². The van der Waals surface area contributed by atoms with Gasteiger partial charge in [-0.1, -0.05) is 36.4 Å². The summed E-state index contributed by atoms with van der Waals surface area (Å²) in [6, 6.07) is 13.7. The minimum absolute atomic E-state index is 0.445. The maximum atomic E-state index is 13.8. The molecule has 0 atom stereocenters. The largest absolute Gasteiger partial charge is 0.330 e. The Bertz CT molecular complexity index is 558. The Kier molecular flexibility index (Phi) is 5.84. The molecule has 2 aromatic rings. The van der Waals surface area contributed by atoms with Crippen LogP contribution in [0.3, 0.4) is 0 Å². The van der Waals surface area contributed by atoms with Crippen LogP contribution in [-0.4, -0.2) is 18.0 Å². The van der Waals surface area contributed by atoms with Gasteiger partial charge in [0.05, 0.1) is 0 Å². The summed E-state index contributed by atoms with van der Waals surface area (Å²) in [5, 5.41) is 0. The molecule has 0 amide bonds. The third-order valence-corrected chi connectivity index (χ3v) is 3.34. The quantitative estimate of drug-likeness (QED) is 0.847. The van der Waals surface area contributed by atoms with Gasteiger partial charge in [0.2, 0.25) is 0 Å². The van der Waals surface area contributed by atoms with Crippen LogP contribution in [0, 0.1) is 11.6 Å². The fourth-order valence-corrected chi connectivity index (χ4v) is 2.26. The zero-order valence-corrected chi connectivity index (χ0v) is 11.9. The smallest absolute Gasteiger partial charge is 0.130 e. The lowest BCUT2D eigenvalue weighted by molar-refractivity contribution is 0.251. The number of benzene rings is 2. The van der Waals surface area contributed by atoms with E-state index in [1.165, 1.54) is 12.1 Å². The molecule has 0 heterocycles. The van der Waals surface area contributed by atoms with E-state index in [1.54, 1.807) is 0 Å². The molecule has 0 radical (unpaired) electrons. The zero-order chi connectivity index (χ0) is 15.1. The van der Waals surface area contributed by atoms with Gasteiger partial charge in [0.1, 0.15) is 11.6 Å². The van der Waals surface area contributed by atoms with Gasteiger partial charge in [-0.2, -0.15) is 0 Å². The first-order valence-corrected chi connectivity index (χ1v) is 7.09. The maximum absolute atomic E-state index is 13.8. The Labute approximate surface area is 124 Å². The van der Waals surface area contributed by atoms with Crippen LogP contribution in [0.1, 0.15) is 17.5 Å². The van der Waals surface area contributed by atoms with E-state index in [0.717, 1.165) is 31.1 Å². The highest BCUT2D eigenvalue weighted by Gasteiger charge is 2.10. The van der Waals surface area contributed by atoms with Gasteiger partial charge in [0, 0.05) is 31.3 Å². The topological polar surface area (TPSA) is 29.3 Å². The normalized spacial score (nSPS) is 11.0. The molecule has 4 heteroatoms. The van der Waals surface area contributed by atoms with Crippen LogP contribution in [0.5, 0.6) is 0 Å². The molecule has 112 valence electrons. The van der Waals surface area contributed by atoms with Crippen molar-refractivity contribution in [2.24, 2.45) is 5.73 Å². The lowest BCUT2D eigenvalue weighted by Crippen LogP contribution is -2.26. The summed E-state index contributed by atoms with van der Waals surface area (Å²) in [4.78, 5) is 2.12. The van der Waals surface area contributed by atoms with Crippen LogP contribution in [0.4, 0.5) is 8.78 Å². The lowest BCUT2D eigenvalue weighted by atomic mass is 10.1. The first-order valence-electron chi connectivity index (χ1n) is 7.09. The van der Waals surface area contributed by atoms with Crippen LogP contribution in [0.15, 0.2) is 48.5 Å². The fourth-order valence-electron chi connectivity index (χ4n) is 2.26. The van der Waals surface area contributed by atoms with E-state index in [0.29, 0.717) is 18.7 Å². The van der Waals surface area contributed by atoms with Gasteiger partial charge in [0.15, 0.2) is 0 Å². The van der Waals surface area contributed by atoms with Gasteiger partial charge in [-0.3, -0.25) is 4.90 Å². The number of nitrogens with zero attached hydrogens (tertiary/aromatic N) is 1. The van der Waals surface area contributed by atoms with Gasteiger partial charge in [-0.15, -0.1) is 0 Å². The second-order valence-electron chi connectivity index (χ2n) is 5.07. The first kappa shape index (κ1) is 15.6. The van der Waals surface area contributed by atoms with Crippen LogP contribution in [-0.2, 0) is 13.1 Å². The summed E-state index contributed by atoms with van der Waals surface area (Å²) in [7, 11) is 0. The monoisotopic (exact) mass is 290 g/mol. The van der Waals surface area contributed by atoms with Gasteiger partial charge >= 0.3 is 0 Å². The molecular formula is C17H20F2N2. The molecule has 0 aromatic heterocycles. The van der Waals surface area contributed by atoms with Gasteiger partial charge in [-0.25, -0.2) is 8.78 Å². The molecule has 0 aliphatic carbocycles. The molecule has 0 bridgehead atoms. The molecule has 2 nitrogen and oxygen atoms in total. The SMILES string of the molecule is NCCCN(Cc1ccccc1)Cc1ccc(F)cc1F. The average molecular weight is 290 g/mol. The van der Waals surface area contributed by atoms with E-state index in [4.69, 9.17) is 5.73 Å². The van der Waals surface area contributed by atoms with Crippen molar-refractivity contribution >= 4 is 0 Å². The van der Waals surface area contributed by atoms with E-state index in [2.05, 4.69) is 4.90 Å². The highest BCUT2D eigenvalue weighted by atomic mass is 19.1. The molecule has 0 fully saturated rings. The van der Waals surface area contributed by atoms with E-state index >= 15 is 0 Å². The van der Waals surface area contributed by atoms with E-state index < -0.39 is 11.6 Å². The van der Waals surface area contributed by atoms with Crippen molar-refractivity contribution in [2.45, 2.75) is 19.5 Å². The van der Waals surface area contributed by atoms with Crippen LogP contribution >= 0.6 is 0 Å². The van der Waals surface area contributed by atoms with Crippen molar-refractivity contribution in [1.29, 1.82) is 0 Å². The molecule has 2 rings (SSSR count). The standard InChI is InChI=1S/C17H20F2N2/c18-16-8-7-15(17(19)11-16)13-21(10-4-9-20)12-14-5-2-1-3-6-14/h1-3,5-8,11H,4,9-10,12-13,20H2. The molecule has 0 unspecified atom stereocenters. The Morgan fingerprint density at radius 2 is 1.71 bits per heavy atom. The molecule has 0 saturated heterocycles. The van der Waals surface area contributed by atoms with Crippen molar-refractivity contribution in [2.75, 3.05) is 13.1 Å². The number of nitrogens with two attached hydrogens (primary N) is 1. The Morgan fingerprint density at radius 1 is 0.952 bits per heavy atom. The van der Waals surface area contributed by atoms with E-state index in [-0.39, 0.29) is 0 Å². The molecule has 2 N–H and O–H groups in total. The molecule has 0 saturated carbocycles. The summed E-state index contributed by atoms with van der Waals surface area (Å²) in [5.74, 6) is -1.05. The number of rotatable bonds is 7. The van der Waals surface area contributed by atoms with Crippen LogP contribution < -0.4 is 5.73 Å². The summed E-state index contributed by atoms with van der Waals surface area (Å²) >= 11 is 0. The summed E-state index contributed by atoms with van der Waals surface area (Å²) in [6.45, 7) is 2.54. The lowest BCUT2D eigenvalue weighted by Gasteiger charge is -2.22. The van der Waals surface area contributed by atoms with Crippen molar-refractivity contribution in [3.05, 3.63) is 71.3 Å². The minimum atomic E-state index is -0.548. The summed E-state index contributed by atoms with van der Waals surface area (Å²) in [6.07, 6.45) is 0.843. The number of hydrogen-bond donors (Lipinski definition) is 1. The van der Waals surface area contributed by atoms with Gasteiger partial charge < -0.3 is 5.73 Å². The highest BCUT2D eigenvalue weighted by molar-refractivity contribution is 5.19. The number of hydrogen-bond acceptors (Lipinski definition) is 2. The predicted octanol–water partition coefficient (Wildman–Crippen LogP) is 3.32. The van der Waals surface area contributed by atoms with Crippen molar-refractivity contribution in [1.82, 2.24) is 4.90 Å².